The number of halogens is 1. The molecular weight excluding hydrogens is 324 g/mol. The summed E-state index contributed by atoms with van der Waals surface area (Å²) in [6.45, 7) is 5.12. The van der Waals surface area contributed by atoms with Gasteiger partial charge in [-0.25, -0.2) is 4.68 Å². The number of nitrogens with zero attached hydrogens (tertiary/aromatic N) is 4. The van der Waals surface area contributed by atoms with Crippen LogP contribution in [0, 0.1) is 11.8 Å². The van der Waals surface area contributed by atoms with E-state index in [9.17, 15) is 4.79 Å². The van der Waals surface area contributed by atoms with Gasteiger partial charge in [0.05, 0.1) is 11.9 Å². The first-order valence-corrected chi connectivity index (χ1v) is 8.72. The Morgan fingerprint density at radius 3 is 2.46 bits per heavy atom. The van der Waals surface area contributed by atoms with Crippen LogP contribution in [0.5, 0.6) is 0 Å². The number of hydrogen-bond acceptors (Lipinski definition) is 4. The van der Waals surface area contributed by atoms with Gasteiger partial charge in [0.2, 0.25) is 0 Å². The van der Waals surface area contributed by atoms with Gasteiger partial charge in [0.25, 0.3) is 5.56 Å². The number of aromatic nitrogens is 2. The van der Waals surface area contributed by atoms with Gasteiger partial charge in [0.1, 0.15) is 5.02 Å². The first kappa shape index (κ1) is 15.7. The summed E-state index contributed by atoms with van der Waals surface area (Å²) in [4.78, 5) is 16.7. The highest BCUT2D eigenvalue weighted by Gasteiger charge is 2.40. The van der Waals surface area contributed by atoms with E-state index in [-0.39, 0.29) is 10.6 Å². The lowest BCUT2D eigenvalue weighted by Gasteiger charge is -2.23. The van der Waals surface area contributed by atoms with Gasteiger partial charge in [0.15, 0.2) is 0 Å². The van der Waals surface area contributed by atoms with Gasteiger partial charge in [-0.15, -0.1) is 0 Å². The molecule has 2 fully saturated rings. The molecule has 2 saturated heterocycles. The smallest absolute Gasteiger partial charge is 0.287 e. The Balaban J connectivity index is 1.43. The molecule has 1 aromatic heterocycles. The molecule has 126 valence electrons. The highest BCUT2D eigenvalue weighted by Crippen LogP contribution is 2.35. The molecule has 0 radical (unpaired) electrons. The second-order valence-electron chi connectivity index (χ2n) is 6.88. The monoisotopic (exact) mass is 344 g/mol. The van der Waals surface area contributed by atoms with Crippen molar-refractivity contribution >= 4 is 17.3 Å². The molecular formula is C18H21ClN4O. The fourth-order valence-electron chi connectivity index (χ4n) is 3.98. The third-order valence-corrected chi connectivity index (χ3v) is 5.57. The maximum Gasteiger partial charge on any atom is 0.287 e. The van der Waals surface area contributed by atoms with E-state index in [0.717, 1.165) is 38.4 Å². The maximum atomic E-state index is 12.0. The Bertz CT molecular complexity index is 777. The average molecular weight is 345 g/mol. The fourth-order valence-corrected chi connectivity index (χ4v) is 4.27. The largest absolute Gasteiger partial charge is 0.368 e. The maximum absolute atomic E-state index is 12.0. The highest BCUT2D eigenvalue weighted by molar-refractivity contribution is 6.33. The summed E-state index contributed by atoms with van der Waals surface area (Å²) in [6.07, 6.45) is 1.71. The topological polar surface area (TPSA) is 41.4 Å². The number of rotatable bonds is 3. The average Bonchev–Trinajstić information content (AvgIpc) is 3.12. The second-order valence-corrected chi connectivity index (χ2v) is 7.26. The van der Waals surface area contributed by atoms with Gasteiger partial charge < -0.3 is 4.90 Å². The van der Waals surface area contributed by atoms with E-state index in [1.165, 1.54) is 10.2 Å². The van der Waals surface area contributed by atoms with Crippen LogP contribution in [-0.2, 0) is 13.6 Å². The van der Waals surface area contributed by atoms with Crippen molar-refractivity contribution in [3.05, 3.63) is 57.5 Å². The number of anilines is 1. The summed E-state index contributed by atoms with van der Waals surface area (Å²) in [6, 6.07) is 10.6. The highest BCUT2D eigenvalue weighted by atomic mass is 35.5. The van der Waals surface area contributed by atoms with Crippen molar-refractivity contribution < 1.29 is 0 Å². The van der Waals surface area contributed by atoms with Gasteiger partial charge in [-0.3, -0.25) is 9.69 Å². The van der Waals surface area contributed by atoms with Crippen molar-refractivity contribution in [1.29, 1.82) is 0 Å². The molecule has 0 amide bonds. The van der Waals surface area contributed by atoms with Gasteiger partial charge in [-0.1, -0.05) is 41.9 Å². The third kappa shape index (κ3) is 2.82. The molecule has 1 aromatic carbocycles. The standard InChI is InChI=1S/C18H21ClN4O/c1-21-18(24)17(19)16(7-20-21)23-11-14-9-22(10-15(14)12-23)8-13-5-3-2-4-6-13/h2-7,14-15H,8-12H2,1H3/t14-,15+. The van der Waals surface area contributed by atoms with Gasteiger partial charge in [-0.05, 0) is 17.4 Å². The zero-order valence-electron chi connectivity index (χ0n) is 13.7. The Hall–Kier alpha value is -1.85. The van der Waals surface area contributed by atoms with Crippen molar-refractivity contribution in [2.75, 3.05) is 31.1 Å². The molecule has 24 heavy (non-hydrogen) atoms. The molecule has 0 spiro atoms. The number of benzene rings is 1. The van der Waals surface area contributed by atoms with Crippen LogP contribution in [0.15, 0.2) is 41.3 Å². The zero-order valence-corrected chi connectivity index (χ0v) is 14.5. The minimum atomic E-state index is -0.225. The molecule has 4 rings (SSSR count). The first-order chi connectivity index (χ1) is 11.6. The summed E-state index contributed by atoms with van der Waals surface area (Å²) in [5.41, 5.74) is 1.92. The van der Waals surface area contributed by atoms with E-state index in [4.69, 9.17) is 11.6 Å². The number of likely N-dealkylation sites (tertiary alicyclic amines) is 1. The Labute approximate surface area is 146 Å². The van der Waals surface area contributed by atoms with Crippen molar-refractivity contribution in [3.63, 3.8) is 0 Å². The van der Waals surface area contributed by atoms with Crippen LogP contribution in [0.3, 0.4) is 0 Å². The van der Waals surface area contributed by atoms with Gasteiger partial charge in [-0.2, -0.15) is 5.10 Å². The van der Waals surface area contributed by atoms with E-state index < -0.39 is 0 Å². The lowest BCUT2D eigenvalue weighted by Crippen LogP contribution is -2.30. The minimum absolute atomic E-state index is 0.225. The predicted molar refractivity (Wildman–Crippen MR) is 95.4 cm³/mol. The lowest BCUT2D eigenvalue weighted by molar-refractivity contribution is 0.309. The molecule has 2 aliphatic rings. The fraction of sp³-hybridized carbons (Fsp3) is 0.444. The Morgan fingerprint density at radius 1 is 1.12 bits per heavy atom. The number of aryl methyl sites for hydroxylation is 1. The van der Waals surface area contributed by atoms with E-state index in [0.29, 0.717) is 11.8 Å². The number of fused-ring (bicyclic) bond motifs is 1. The minimum Gasteiger partial charge on any atom is -0.368 e. The SMILES string of the molecule is Cn1ncc(N2C[C@H]3CN(Cc4ccccc4)C[C@H]3C2)c(Cl)c1=O. The molecule has 0 bridgehead atoms. The first-order valence-electron chi connectivity index (χ1n) is 8.35. The van der Waals surface area contributed by atoms with E-state index in [2.05, 4.69) is 45.2 Å². The summed E-state index contributed by atoms with van der Waals surface area (Å²) in [5, 5.41) is 4.40. The molecule has 3 heterocycles. The predicted octanol–water partition coefficient (Wildman–Crippen LogP) is 2.00. The van der Waals surface area contributed by atoms with Crippen LogP contribution in [-0.4, -0.2) is 40.9 Å². The Morgan fingerprint density at radius 2 is 1.79 bits per heavy atom. The van der Waals surface area contributed by atoms with Gasteiger partial charge >= 0.3 is 0 Å². The van der Waals surface area contributed by atoms with Crippen molar-refractivity contribution in [1.82, 2.24) is 14.7 Å². The van der Waals surface area contributed by atoms with Crippen molar-refractivity contribution in [2.45, 2.75) is 6.54 Å². The summed E-state index contributed by atoms with van der Waals surface area (Å²) in [5.74, 6) is 1.27. The normalized spacial score (nSPS) is 23.7. The third-order valence-electron chi connectivity index (χ3n) is 5.21. The van der Waals surface area contributed by atoms with E-state index >= 15 is 0 Å². The van der Waals surface area contributed by atoms with E-state index in [1.54, 1.807) is 13.2 Å². The molecule has 5 nitrogen and oxygen atoms in total. The van der Waals surface area contributed by atoms with Crippen molar-refractivity contribution in [3.8, 4) is 0 Å². The summed E-state index contributed by atoms with van der Waals surface area (Å²) >= 11 is 6.25. The van der Waals surface area contributed by atoms with Crippen LogP contribution in [0.1, 0.15) is 5.56 Å². The molecule has 2 aromatic rings. The molecule has 0 N–H and O–H groups in total. The molecule has 2 aliphatic heterocycles. The van der Waals surface area contributed by atoms with Crippen LogP contribution in [0.4, 0.5) is 5.69 Å². The van der Waals surface area contributed by atoms with Crippen LogP contribution < -0.4 is 10.5 Å². The van der Waals surface area contributed by atoms with Crippen LogP contribution in [0.2, 0.25) is 5.02 Å². The van der Waals surface area contributed by atoms with Gasteiger partial charge in [0, 0.05) is 39.8 Å². The van der Waals surface area contributed by atoms with Crippen LogP contribution >= 0.6 is 11.6 Å². The molecule has 0 aliphatic carbocycles. The quantitative estimate of drug-likeness (QED) is 0.854. The van der Waals surface area contributed by atoms with E-state index in [1.807, 2.05) is 0 Å². The second kappa shape index (κ2) is 6.22. The lowest BCUT2D eigenvalue weighted by atomic mass is 10.0. The summed E-state index contributed by atoms with van der Waals surface area (Å²) in [7, 11) is 1.62. The van der Waals surface area contributed by atoms with Crippen molar-refractivity contribution in [2.24, 2.45) is 18.9 Å². The van der Waals surface area contributed by atoms with Crippen LogP contribution in [0.25, 0.3) is 0 Å². The molecule has 2 atom stereocenters. The molecule has 6 heteroatoms. The Kier molecular flexibility index (Phi) is 4.06. The molecule has 0 unspecified atom stereocenters. The zero-order chi connectivity index (χ0) is 16.7. The molecule has 0 saturated carbocycles. The summed E-state index contributed by atoms with van der Waals surface area (Å²) < 4.78 is 1.28. The number of hydrogen-bond donors (Lipinski definition) is 0.